The van der Waals surface area contributed by atoms with Gasteiger partial charge in [-0.15, -0.1) is 0 Å². The second-order valence-electron chi connectivity index (χ2n) is 7.41. The van der Waals surface area contributed by atoms with Gasteiger partial charge in [0.25, 0.3) is 5.91 Å². The number of halogens is 1. The normalized spacial score (nSPS) is 14.1. The minimum atomic E-state index is -0.0430. The van der Waals surface area contributed by atoms with Crippen molar-refractivity contribution >= 4 is 34.2 Å². The molecule has 0 spiro atoms. The van der Waals surface area contributed by atoms with Crippen molar-refractivity contribution in [1.29, 1.82) is 0 Å². The zero-order chi connectivity index (χ0) is 21.2. The molecular formula is C24H20ClN5O. The maximum Gasteiger partial charge on any atom is 0.256 e. The summed E-state index contributed by atoms with van der Waals surface area (Å²) in [5, 5.41) is 1.41. The Hall–Kier alpha value is -3.51. The first-order valence-electron chi connectivity index (χ1n) is 10.2. The van der Waals surface area contributed by atoms with Crippen LogP contribution < -0.4 is 4.90 Å². The van der Waals surface area contributed by atoms with Crippen LogP contribution in [0.1, 0.15) is 10.4 Å². The highest BCUT2D eigenvalue weighted by Crippen LogP contribution is 2.25. The van der Waals surface area contributed by atoms with E-state index in [1.165, 1.54) is 0 Å². The van der Waals surface area contributed by atoms with Crippen molar-refractivity contribution in [3.63, 3.8) is 0 Å². The second kappa shape index (κ2) is 8.32. The number of benzene rings is 2. The Balaban J connectivity index is 1.33. The quantitative estimate of drug-likeness (QED) is 0.485. The number of amides is 1. The molecule has 0 unspecified atom stereocenters. The predicted octanol–water partition coefficient (Wildman–Crippen LogP) is 4.31. The first-order valence-corrected chi connectivity index (χ1v) is 10.5. The summed E-state index contributed by atoms with van der Waals surface area (Å²) in [6.45, 7) is 2.60. The molecule has 0 aliphatic carbocycles. The van der Waals surface area contributed by atoms with E-state index in [0.717, 1.165) is 16.8 Å². The van der Waals surface area contributed by atoms with E-state index in [9.17, 15) is 4.79 Å². The van der Waals surface area contributed by atoms with Crippen molar-refractivity contribution in [2.75, 3.05) is 31.1 Å². The lowest BCUT2D eigenvalue weighted by molar-refractivity contribution is 0.0748. The van der Waals surface area contributed by atoms with Crippen LogP contribution in [0, 0.1) is 0 Å². The highest BCUT2D eigenvalue weighted by Gasteiger charge is 2.25. The summed E-state index contributed by atoms with van der Waals surface area (Å²) in [6.07, 6.45) is 3.48. The average molecular weight is 430 g/mol. The number of piperazine rings is 1. The van der Waals surface area contributed by atoms with Crippen LogP contribution in [0.15, 0.2) is 73.1 Å². The van der Waals surface area contributed by atoms with Crippen LogP contribution >= 0.6 is 11.6 Å². The van der Waals surface area contributed by atoms with Gasteiger partial charge in [-0.3, -0.25) is 9.78 Å². The van der Waals surface area contributed by atoms with Crippen LogP contribution in [0.25, 0.3) is 22.3 Å². The summed E-state index contributed by atoms with van der Waals surface area (Å²) < 4.78 is 0. The molecule has 0 N–H and O–H groups in total. The van der Waals surface area contributed by atoms with E-state index >= 15 is 0 Å². The largest absolute Gasteiger partial charge is 0.353 e. The number of nitrogens with zero attached hydrogens (tertiary/aromatic N) is 5. The van der Waals surface area contributed by atoms with Crippen molar-refractivity contribution in [2.24, 2.45) is 0 Å². The molecule has 1 amide bonds. The third kappa shape index (κ3) is 3.94. The summed E-state index contributed by atoms with van der Waals surface area (Å²) >= 11 is 6.25. The molecule has 0 radical (unpaired) electrons. The number of anilines is 1. The molecule has 4 aromatic rings. The van der Waals surface area contributed by atoms with Crippen molar-refractivity contribution in [3.8, 4) is 11.4 Å². The van der Waals surface area contributed by atoms with Crippen LogP contribution in [0.3, 0.4) is 0 Å². The molecule has 1 aliphatic rings. The molecule has 0 atom stereocenters. The van der Waals surface area contributed by atoms with Crippen LogP contribution in [0.2, 0.25) is 5.02 Å². The van der Waals surface area contributed by atoms with E-state index in [1.54, 1.807) is 18.5 Å². The monoisotopic (exact) mass is 429 g/mol. The first-order chi connectivity index (χ1) is 15.2. The minimum Gasteiger partial charge on any atom is -0.353 e. The Labute approximate surface area is 185 Å². The molecule has 2 aromatic carbocycles. The number of pyridine rings is 1. The van der Waals surface area contributed by atoms with Crippen LogP contribution in [-0.2, 0) is 0 Å². The van der Waals surface area contributed by atoms with Gasteiger partial charge >= 0.3 is 0 Å². The first kappa shape index (κ1) is 19.5. The number of hydrogen-bond donors (Lipinski definition) is 0. The summed E-state index contributed by atoms with van der Waals surface area (Å²) in [5.41, 5.74) is 2.21. The molecule has 5 rings (SSSR count). The van der Waals surface area contributed by atoms with Gasteiger partial charge < -0.3 is 9.80 Å². The summed E-state index contributed by atoms with van der Waals surface area (Å²) in [5.74, 6) is 1.53. The SMILES string of the molecule is O=C(c1cc(Cl)cc2cccnc12)N1CCN(c2ccnc(-c3ccccc3)n2)CC1. The molecule has 3 heterocycles. The van der Waals surface area contributed by atoms with Crippen molar-refractivity contribution in [2.45, 2.75) is 0 Å². The van der Waals surface area contributed by atoms with Gasteiger partial charge in [-0.2, -0.15) is 0 Å². The van der Waals surface area contributed by atoms with E-state index in [0.29, 0.717) is 48.1 Å². The standard InChI is InChI=1S/C24H20ClN5O/c25-19-15-18-7-4-9-26-22(18)20(16-19)24(31)30-13-11-29(12-14-30)21-8-10-27-23(28-21)17-5-2-1-3-6-17/h1-10,15-16H,11-14H2. The zero-order valence-corrected chi connectivity index (χ0v) is 17.5. The molecule has 31 heavy (non-hydrogen) atoms. The number of fused-ring (bicyclic) bond motifs is 1. The molecular weight excluding hydrogens is 410 g/mol. The fourth-order valence-corrected chi connectivity index (χ4v) is 4.11. The molecule has 6 nitrogen and oxygen atoms in total. The third-order valence-corrected chi connectivity index (χ3v) is 5.68. The molecule has 2 aromatic heterocycles. The summed E-state index contributed by atoms with van der Waals surface area (Å²) in [4.78, 5) is 30.8. The van der Waals surface area contributed by atoms with E-state index in [2.05, 4.69) is 14.9 Å². The lowest BCUT2D eigenvalue weighted by atomic mass is 10.1. The van der Waals surface area contributed by atoms with Gasteiger partial charge in [0.2, 0.25) is 0 Å². The van der Waals surface area contributed by atoms with Crippen LogP contribution in [-0.4, -0.2) is 51.9 Å². The highest BCUT2D eigenvalue weighted by atomic mass is 35.5. The predicted molar refractivity (Wildman–Crippen MR) is 122 cm³/mol. The van der Waals surface area contributed by atoms with E-state index in [4.69, 9.17) is 16.6 Å². The van der Waals surface area contributed by atoms with Gasteiger partial charge in [-0.1, -0.05) is 48.0 Å². The highest BCUT2D eigenvalue weighted by molar-refractivity contribution is 6.32. The lowest BCUT2D eigenvalue weighted by Crippen LogP contribution is -2.49. The molecule has 1 aliphatic heterocycles. The van der Waals surface area contributed by atoms with Gasteiger partial charge in [0.1, 0.15) is 5.82 Å². The van der Waals surface area contributed by atoms with Crippen molar-refractivity contribution in [1.82, 2.24) is 19.9 Å². The Bertz CT molecular complexity index is 1240. The number of carbonyl (C=O) groups excluding carboxylic acids is 1. The smallest absolute Gasteiger partial charge is 0.256 e. The van der Waals surface area contributed by atoms with E-state index < -0.39 is 0 Å². The van der Waals surface area contributed by atoms with Gasteiger partial charge in [0.15, 0.2) is 5.82 Å². The van der Waals surface area contributed by atoms with Gasteiger partial charge in [-0.05, 0) is 24.3 Å². The minimum absolute atomic E-state index is 0.0430. The topological polar surface area (TPSA) is 62.2 Å². The molecule has 7 heteroatoms. The van der Waals surface area contributed by atoms with Gasteiger partial charge in [0.05, 0.1) is 11.1 Å². The molecule has 1 fully saturated rings. The number of carbonyl (C=O) groups is 1. The summed E-state index contributed by atoms with van der Waals surface area (Å²) in [6, 6.07) is 19.1. The molecule has 0 saturated carbocycles. The van der Waals surface area contributed by atoms with Gasteiger partial charge in [0, 0.05) is 54.5 Å². The average Bonchev–Trinajstić information content (AvgIpc) is 2.84. The van der Waals surface area contributed by atoms with Crippen molar-refractivity contribution < 1.29 is 4.79 Å². The fraction of sp³-hybridized carbons (Fsp3) is 0.167. The molecule has 0 bridgehead atoms. The Morgan fingerprint density at radius 1 is 0.871 bits per heavy atom. The Kier molecular flexibility index (Phi) is 5.22. The lowest BCUT2D eigenvalue weighted by Gasteiger charge is -2.35. The fourth-order valence-electron chi connectivity index (χ4n) is 3.88. The maximum absolute atomic E-state index is 13.2. The number of rotatable bonds is 3. The zero-order valence-electron chi connectivity index (χ0n) is 16.8. The molecule has 154 valence electrons. The maximum atomic E-state index is 13.2. The number of aromatic nitrogens is 3. The van der Waals surface area contributed by atoms with Gasteiger partial charge in [-0.25, -0.2) is 9.97 Å². The van der Waals surface area contributed by atoms with E-state index in [-0.39, 0.29) is 5.91 Å². The van der Waals surface area contributed by atoms with Crippen LogP contribution in [0.4, 0.5) is 5.82 Å². The Morgan fingerprint density at radius 2 is 1.68 bits per heavy atom. The van der Waals surface area contributed by atoms with Crippen LogP contribution in [0.5, 0.6) is 0 Å². The van der Waals surface area contributed by atoms with E-state index in [1.807, 2.05) is 59.5 Å². The third-order valence-electron chi connectivity index (χ3n) is 5.46. The number of hydrogen-bond acceptors (Lipinski definition) is 5. The summed E-state index contributed by atoms with van der Waals surface area (Å²) in [7, 11) is 0. The van der Waals surface area contributed by atoms with Crippen molar-refractivity contribution in [3.05, 3.63) is 83.6 Å². The second-order valence-corrected chi connectivity index (χ2v) is 7.85. The molecule has 1 saturated heterocycles. The Morgan fingerprint density at radius 3 is 2.48 bits per heavy atom.